The van der Waals surface area contributed by atoms with Gasteiger partial charge in [0.05, 0.1) is 0 Å². The van der Waals surface area contributed by atoms with Crippen molar-refractivity contribution in [2.45, 2.75) is 25.8 Å². The first kappa shape index (κ1) is 22.5. The number of likely N-dealkylation sites (tertiary alicyclic amines) is 1. The average Bonchev–Trinajstić information content (AvgIpc) is 2.64. The van der Waals surface area contributed by atoms with E-state index < -0.39 is 5.91 Å². The lowest BCUT2D eigenvalue weighted by Gasteiger charge is -2.26. The van der Waals surface area contributed by atoms with E-state index in [-0.39, 0.29) is 30.6 Å². The van der Waals surface area contributed by atoms with Gasteiger partial charge in [-0.15, -0.1) is 24.0 Å². The van der Waals surface area contributed by atoms with Gasteiger partial charge >= 0.3 is 0 Å². The molecule has 7 nitrogen and oxygen atoms in total. The van der Waals surface area contributed by atoms with Crippen molar-refractivity contribution in [3.05, 3.63) is 29.8 Å². The summed E-state index contributed by atoms with van der Waals surface area (Å²) >= 11 is 0. The first-order valence-corrected chi connectivity index (χ1v) is 8.84. The minimum Gasteiger partial charge on any atom is -0.484 e. The van der Waals surface area contributed by atoms with Gasteiger partial charge in [0.1, 0.15) is 5.75 Å². The third-order valence-corrected chi connectivity index (χ3v) is 4.13. The Kier molecular flexibility index (Phi) is 11.0. The summed E-state index contributed by atoms with van der Waals surface area (Å²) in [7, 11) is 1.77. The molecule has 1 aliphatic rings. The normalized spacial score (nSPS) is 15.0. The number of nitrogens with zero attached hydrogens (tertiary/aromatic N) is 2. The molecule has 1 aromatic rings. The van der Waals surface area contributed by atoms with E-state index in [1.165, 1.54) is 32.4 Å². The fourth-order valence-corrected chi connectivity index (χ4v) is 2.82. The number of carbonyl (C=O) groups is 1. The van der Waals surface area contributed by atoms with Crippen molar-refractivity contribution in [3.63, 3.8) is 0 Å². The van der Waals surface area contributed by atoms with E-state index in [2.05, 4.69) is 20.5 Å². The number of halogens is 1. The topological polar surface area (TPSA) is 92.0 Å². The molecule has 2 rings (SSSR count). The Labute approximate surface area is 172 Å². The molecule has 0 aliphatic carbocycles. The number of nitrogens with two attached hydrogens (primary N) is 1. The molecule has 1 saturated heterocycles. The van der Waals surface area contributed by atoms with Crippen molar-refractivity contribution in [1.29, 1.82) is 0 Å². The molecule has 0 bridgehead atoms. The summed E-state index contributed by atoms with van der Waals surface area (Å²) in [6.45, 7) is 4.82. The highest BCUT2D eigenvalue weighted by Crippen LogP contribution is 2.13. The molecule has 1 amide bonds. The van der Waals surface area contributed by atoms with Gasteiger partial charge in [-0.05, 0) is 43.6 Å². The number of hydrogen-bond acceptors (Lipinski definition) is 4. The number of rotatable bonds is 8. The van der Waals surface area contributed by atoms with Gasteiger partial charge in [0.15, 0.2) is 12.6 Å². The van der Waals surface area contributed by atoms with E-state index in [0.29, 0.717) is 12.3 Å². The fourth-order valence-electron chi connectivity index (χ4n) is 2.82. The number of ether oxygens (including phenoxy) is 1. The standard InChI is InChI=1S/C18H29N5O2.HI/c1-20-18(21-8-11-23-9-3-2-4-10-23)22-13-15-6-5-7-16(12-15)25-14-17(19)24;/h5-7,12H,2-4,8-11,13-14H2,1H3,(H2,19,24)(H2,20,21,22);1H. The van der Waals surface area contributed by atoms with E-state index >= 15 is 0 Å². The van der Waals surface area contributed by atoms with Crippen LogP contribution in [0.5, 0.6) is 5.75 Å². The van der Waals surface area contributed by atoms with Crippen LogP contribution in [-0.4, -0.2) is 56.6 Å². The molecule has 1 aliphatic heterocycles. The maximum atomic E-state index is 10.8. The quantitative estimate of drug-likeness (QED) is 0.300. The van der Waals surface area contributed by atoms with Crippen LogP contribution < -0.4 is 21.1 Å². The van der Waals surface area contributed by atoms with Gasteiger partial charge in [0.25, 0.3) is 5.91 Å². The van der Waals surface area contributed by atoms with E-state index in [0.717, 1.165) is 24.6 Å². The van der Waals surface area contributed by atoms with Crippen molar-refractivity contribution >= 4 is 35.8 Å². The zero-order valence-corrected chi connectivity index (χ0v) is 17.7. The summed E-state index contributed by atoms with van der Waals surface area (Å²) in [5.74, 6) is 0.924. The molecule has 0 saturated carbocycles. The van der Waals surface area contributed by atoms with Gasteiger partial charge in [-0.25, -0.2) is 0 Å². The highest BCUT2D eigenvalue weighted by atomic mass is 127. The Balaban J connectivity index is 0.00000338. The zero-order chi connectivity index (χ0) is 17.9. The number of amides is 1. The summed E-state index contributed by atoms with van der Waals surface area (Å²) in [6.07, 6.45) is 3.97. The summed E-state index contributed by atoms with van der Waals surface area (Å²) in [6, 6.07) is 7.57. The van der Waals surface area contributed by atoms with Gasteiger partial charge in [-0.1, -0.05) is 18.6 Å². The van der Waals surface area contributed by atoms with Crippen molar-refractivity contribution in [2.24, 2.45) is 10.7 Å². The Bertz CT molecular complexity index is 576. The lowest BCUT2D eigenvalue weighted by atomic mass is 10.1. The smallest absolute Gasteiger partial charge is 0.255 e. The summed E-state index contributed by atoms with van der Waals surface area (Å²) in [5.41, 5.74) is 6.13. The van der Waals surface area contributed by atoms with Crippen LogP contribution in [0, 0.1) is 0 Å². The van der Waals surface area contributed by atoms with Crippen LogP contribution in [0.3, 0.4) is 0 Å². The second-order valence-corrected chi connectivity index (χ2v) is 6.16. The molecule has 26 heavy (non-hydrogen) atoms. The van der Waals surface area contributed by atoms with Crippen molar-refractivity contribution in [1.82, 2.24) is 15.5 Å². The molecule has 0 unspecified atom stereocenters. The second kappa shape index (κ2) is 12.7. The molecule has 0 atom stereocenters. The summed E-state index contributed by atoms with van der Waals surface area (Å²) in [4.78, 5) is 17.5. The van der Waals surface area contributed by atoms with Crippen molar-refractivity contribution < 1.29 is 9.53 Å². The number of guanidine groups is 1. The van der Waals surface area contributed by atoms with Crippen LogP contribution in [0.4, 0.5) is 0 Å². The van der Waals surface area contributed by atoms with Crippen LogP contribution in [0.1, 0.15) is 24.8 Å². The lowest BCUT2D eigenvalue weighted by Crippen LogP contribution is -2.42. The Morgan fingerprint density at radius 2 is 2.04 bits per heavy atom. The van der Waals surface area contributed by atoms with Crippen molar-refractivity contribution in [3.8, 4) is 5.75 Å². The monoisotopic (exact) mass is 475 g/mol. The summed E-state index contributed by atoms with van der Waals surface area (Å²) in [5, 5.41) is 6.64. The molecule has 1 fully saturated rings. The van der Waals surface area contributed by atoms with E-state index in [9.17, 15) is 4.79 Å². The number of nitrogens with one attached hydrogen (secondary N) is 2. The van der Waals surface area contributed by atoms with E-state index in [1.54, 1.807) is 13.1 Å². The molecule has 146 valence electrons. The van der Waals surface area contributed by atoms with Crippen LogP contribution in [-0.2, 0) is 11.3 Å². The van der Waals surface area contributed by atoms with Crippen LogP contribution in [0.25, 0.3) is 0 Å². The average molecular weight is 475 g/mol. The van der Waals surface area contributed by atoms with E-state index in [4.69, 9.17) is 10.5 Å². The maximum Gasteiger partial charge on any atom is 0.255 e. The van der Waals surface area contributed by atoms with Gasteiger partial charge in [0, 0.05) is 26.7 Å². The second-order valence-electron chi connectivity index (χ2n) is 6.16. The van der Waals surface area contributed by atoms with Gasteiger partial charge < -0.3 is 26.0 Å². The molecule has 1 aromatic carbocycles. The number of aliphatic imine (C=N–C) groups is 1. The number of carbonyl (C=O) groups excluding carboxylic acids is 1. The number of piperidine rings is 1. The summed E-state index contributed by atoms with van der Waals surface area (Å²) < 4.78 is 5.32. The predicted molar refractivity (Wildman–Crippen MR) is 115 cm³/mol. The zero-order valence-electron chi connectivity index (χ0n) is 15.4. The lowest BCUT2D eigenvalue weighted by molar-refractivity contribution is -0.119. The first-order chi connectivity index (χ1) is 12.2. The fraction of sp³-hybridized carbons (Fsp3) is 0.556. The third kappa shape index (κ3) is 8.70. The maximum absolute atomic E-state index is 10.8. The minimum atomic E-state index is -0.484. The highest BCUT2D eigenvalue weighted by Gasteiger charge is 2.09. The van der Waals surface area contributed by atoms with Gasteiger partial charge in [-0.3, -0.25) is 9.79 Å². The minimum absolute atomic E-state index is 0. The van der Waals surface area contributed by atoms with Gasteiger partial charge in [0.2, 0.25) is 0 Å². The Morgan fingerprint density at radius 1 is 1.27 bits per heavy atom. The van der Waals surface area contributed by atoms with E-state index in [1.807, 2.05) is 18.2 Å². The molecule has 4 N–H and O–H groups in total. The largest absolute Gasteiger partial charge is 0.484 e. The number of benzene rings is 1. The highest BCUT2D eigenvalue weighted by molar-refractivity contribution is 14.0. The van der Waals surface area contributed by atoms with Gasteiger partial charge in [-0.2, -0.15) is 0 Å². The number of hydrogen-bond donors (Lipinski definition) is 3. The van der Waals surface area contributed by atoms with Crippen LogP contribution >= 0.6 is 24.0 Å². The Hall–Kier alpha value is -1.55. The Morgan fingerprint density at radius 3 is 2.73 bits per heavy atom. The number of primary amides is 1. The van der Waals surface area contributed by atoms with Crippen LogP contribution in [0.15, 0.2) is 29.3 Å². The molecule has 0 aromatic heterocycles. The molecule has 1 heterocycles. The molecular formula is C18H30IN5O2. The third-order valence-electron chi connectivity index (χ3n) is 4.13. The predicted octanol–water partition coefficient (Wildman–Crippen LogP) is 1.32. The molecule has 0 radical (unpaired) electrons. The van der Waals surface area contributed by atoms with Crippen molar-refractivity contribution in [2.75, 3.05) is 39.8 Å². The molecule has 8 heteroatoms. The SMILES string of the molecule is CN=C(NCCN1CCCCC1)NCc1cccc(OCC(N)=O)c1.I. The molecular weight excluding hydrogens is 445 g/mol. The van der Waals surface area contributed by atoms with Crippen LogP contribution in [0.2, 0.25) is 0 Å². The molecule has 0 spiro atoms. The first-order valence-electron chi connectivity index (χ1n) is 8.84.